The highest BCUT2D eigenvalue weighted by atomic mass is 35.5. The largest absolute Gasteiger partial charge is 0.384 e. The minimum Gasteiger partial charge on any atom is -0.384 e. The molecule has 0 spiro atoms. The Morgan fingerprint density at radius 3 is 2.73 bits per heavy atom. The summed E-state index contributed by atoms with van der Waals surface area (Å²) in [6, 6.07) is 5.65. The van der Waals surface area contributed by atoms with Crippen LogP contribution in [-0.2, 0) is 11.2 Å². The van der Waals surface area contributed by atoms with E-state index in [1.165, 1.54) is 12.0 Å². The zero-order valence-corrected chi connectivity index (χ0v) is 13.4. The molecule has 2 aliphatic rings. The van der Waals surface area contributed by atoms with Gasteiger partial charge in [0.2, 0.25) is 5.91 Å². The van der Waals surface area contributed by atoms with Crippen LogP contribution in [0.5, 0.6) is 0 Å². The van der Waals surface area contributed by atoms with Crippen LogP contribution in [0.1, 0.15) is 35.2 Å². The number of fused-ring (bicyclic) bond motifs is 1. The maximum Gasteiger partial charge on any atom is 0.251 e. The molecule has 2 heterocycles. The minimum atomic E-state index is -0.171. The fourth-order valence-corrected chi connectivity index (χ4v) is 2.96. The molecule has 5 nitrogen and oxygen atoms in total. The molecule has 1 aromatic rings. The maximum atomic E-state index is 12.1. The van der Waals surface area contributed by atoms with E-state index in [0.717, 1.165) is 44.6 Å². The van der Waals surface area contributed by atoms with E-state index in [1.807, 2.05) is 17.0 Å². The molecule has 2 N–H and O–H groups in total. The quantitative estimate of drug-likeness (QED) is 0.892. The van der Waals surface area contributed by atoms with Crippen LogP contribution in [0.2, 0.25) is 0 Å². The van der Waals surface area contributed by atoms with Gasteiger partial charge in [0.1, 0.15) is 0 Å². The topological polar surface area (TPSA) is 61.4 Å². The van der Waals surface area contributed by atoms with Gasteiger partial charge in [-0.2, -0.15) is 0 Å². The van der Waals surface area contributed by atoms with Crippen molar-refractivity contribution in [2.75, 3.05) is 31.5 Å². The molecular formula is C16H22ClN3O2. The summed E-state index contributed by atoms with van der Waals surface area (Å²) >= 11 is 0. The summed E-state index contributed by atoms with van der Waals surface area (Å²) in [6.07, 6.45) is 4.28. The standard InChI is InChI=1S/C16H21N3O2.ClH/c20-15(19-8-2-1-3-9-19)11-18-16(21)13-4-5-14-12(10-13)6-7-17-14;/h4-5,10,17H,1-3,6-9,11H2,(H,18,21);1H. The smallest absolute Gasteiger partial charge is 0.251 e. The molecule has 1 aromatic carbocycles. The molecule has 0 saturated carbocycles. The van der Waals surface area contributed by atoms with Crippen molar-refractivity contribution in [1.29, 1.82) is 0 Å². The van der Waals surface area contributed by atoms with E-state index in [1.54, 1.807) is 6.07 Å². The number of carbonyl (C=O) groups is 2. The fraction of sp³-hybridized carbons (Fsp3) is 0.500. The van der Waals surface area contributed by atoms with Crippen LogP contribution in [0, 0.1) is 0 Å². The Hall–Kier alpha value is -1.75. The number of hydrogen-bond donors (Lipinski definition) is 2. The van der Waals surface area contributed by atoms with E-state index in [9.17, 15) is 9.59 Å². The molecule has 0 aromatic heterocycles. The number of halogens is 1. The van der Waals surface area contributed by atoms with Gasteiger partial charge in [-0.3, -0.25) is 9.59 Å². The second-order valence-corrected chi connectivity index (χ2v) is 5.67. The summed E-state index contributed by atoms with van der Waals surface area (Å²) in [5, 5.41) is 6.00. The minimum absolute atomic E-state index is 0. The van der Waals surface area contributed by atoms with Crippen molar-refractivity contribution in [2.45, 2.75) is 25.7 Å². The molecule has 2 amide bonds. The van der Waals surface area contributed by atoms with E-state index in [2.05, 4.69) is 10.6 Å². The number of likely N-dealkylation sites (tertiary alicyclic amines) is 1. The highest BCUT2D eigenvalue weighted by molar-refractivity contribution is 5.97. The number of carbonyl (C=O) groups excluding carboxylic acids is 2. The fourth-order valence-electron chi connectivity index (χ4n) is 2.96. The summed E-state index contributed by atoms with van der Waals surface area (Å²) in [5.74, 6) is -0.152. The first kappa shape index (κ1) is 16.6. The molecule has 1 saturated heterocycles. The van der Waals surface area contributed by atoms with Gasteiger partial charge in [0.25, 0.3) is 5.91 Å². The Morgan fingerprint density at radius 2 is 1.95 bits per heavy atom. The maximum absolute atomic E-state index is 12.1. The normalized spacial score (nSPS) is 16.3. The molecular weight excluding hydrogens is 302 g/mol. The van der Waals surface area contributed by atoms with E-state index in [-0.39, 0.29) is 30.8 Å². The van der Waals surface area contributed by atoms with Crippen LogP contribution in [0.25, 0.3) is 0 Å². The lowest BCUT2D eigenvalue weighted by Crippen LogP contribution is -2.42. The summed E-state index contributed by atoms with van der Waals surface area (Å²) in [6.45, 7) is 2.65. The number of benzene rings is 1. The van der Waals surface area contributed by atoms with Crippen molar-refractivity contribution in [3.05, 3.63) is 29.3 Å². The van der Waals surface area contributed by atoms with Crippen molar-refractivity contribution in [2.24, 2.45) is 0 Å². The van der Waals surface area contributed by atoms with Gasteiger partial charge in [-0.25, -0.2) is 0 Å². The molecule has 0 bridgehead atoms. The second kappa shape index (κ2) is 7.49. The number of amides is 2. The lowest BCUT2D eigenvalue weighted by molar-refractivity contribution is -0.130. The monoisotopic (exact) mass is 323 g/mol. The highest BCUT2D eigenvalue weighted by Gasteiger charge is 2.18. The van der Waals surface area contributed by atoms with Crippen LogP contribution in [-0.4, -0.2) is 42.9 Å². The third-order valence-electron chi connectivity index (χ3n) is 4.19. The third-order valence-corrected chi connectivity index (χ3v) is 4.19. The number of anilines is 1. The van der Waals surface area contributed by atoms with E-state index < -0.39 is 0 Å². The molecule has 22 heavy (non-hydrogen) atoms. The van der Waals surface area contributed by atoms with Crippen molar-refractivity contribution in [1.82, 2.24) is 10.2 Å². The Balaban J connectivity index is 0.00000176. The van der Waals surface area contributed by atoms with Crippen molar-refractivity contribution in [3.63, 3.8) is 0 Å². The molecule has 3 rings (SSSR count). The summed E-state index contributed by atoms with van der Waals surface area (Å²) in [4.78, 5) is 26.0. The van der Waals surface area contributed by atoms with Crippen LogP contribution < -0.4 is 10.6 Å². The molecule has 1 fully saturated rings. The molecule has 120 valence electrons. The summed E-state index contributed by atoms with van der Waals surface area (Å²) < 4.78 is 0. The highest BCUT2D eigenvalue weighted by Crippen LogP contribution is 2.22. The Kier molecular flexibility index (Phi) is 5.66. The van der Waals surface area contributed by atoms with Crippen molar-refractivity contribution >= 4 is 29.9 Å². The number of rotatable bonds is 3. The molecule has 2 aliphatic heterocycles. The van der Waals surface area contributed by atoms with Crippen LogP contribution in [0.4, 0.5) is 5.69 Å². The predicted octanol–water partition coefficient (Wildman–Crippen LogP) is 1.82. The van der Waals surface area contributed by atoms with Crippen LogP contribution in [0.3, 0.4) is 0 Å². The Bertz CT molecular complexity index is 556. The molecule has 0 aliphatic carbocycles. The van der Waals surface area contributed by atoms with Gasteiger partial charge in [0.05, 0.1) is 6.54 Å². The van der Waals surface area contributed by atoms with Crippen molar-refractivity contribution < 1.29 is 9.59 Å². The van der Waals surface area contributed by atoms with Crippen LogP contribution >= 0.6 is 12.4 Å². The molecule has 0 radical (unpaired) electrons. The lowest BCUT2D eigenvalue weighted by Gasteiger charge is -2.26. The first-order valence-corrected chi connectivity index (χ1v) is 7.67. The van der Waals surface area contributed by atoms with Gasteiger partial charge in [0.15, 0.2) is 0 Å². The van der Waals surface area contributed by atoms with Gasteiger partial charge in [-0.15, -0.1) is 12.4 Å². The number of nitrogens with zero attached hydrogens (tertiary/aromatic N) is 1. The summed E-state index contributed by atoms with van der Waals surface area (Å²) in [7, 11) is 0. The van der Waals surface area contributed by atoms with Gasteiger partial charge >= 0.3 is 0 Å². The van der Waals surface area contributed by atoms with Gasteiger partial charge in [-0.1, -0.05) is 0 Å². The zero-order valence-electron chi connectivity index (χ0n) is 12.6. The van der Waals surface area contributed by atoms with E-state index >= 15 is 0 Å². The van der Waals surface area contributed by atoms with E-state index in [4.69, 9.17) is 0 Å². The third kappa shape index (κ3) is 3.71. The first-order chi connectivity index (χ1) is 10.2. The predicted molar refractivity (Wildman–Crippen MR) is 88.6 cm³/mol. The van der Waals surface area contributed by atoms with Crippen LogP contribution in [0.15, 0.2) is 18.2 Å². The SMILES string of the molecule is Cl.O=C(NCC(=O)N1CCCCC1)c1ccc2c(c1)CCN2. The summed E-state index contributed by atoms with van der Waals surface area (Å²) in [5.41, 5.74) is 2.91. The second-order valence-electron chi connectivity index (χ2n) is 5.67. The zero-order chi connectivity index (χ0) is 14.7. The van der Waals surface area contributed by atoms with Gasteiger partial charge < -0.3 is 15.5 Å². The lowest BCUT2D eigenvalue weighted by atomic mass is 10.1. The van der Waals surface area contributed by atoms with Gasteiger partial charge in [-0.05, 0) is 49.4 Å². The van der Waals surface area contributed by atoms with E-state index in [0.29, 0.717) is 5.56 Å². The number of piperidine rings is 1. The first-order valence-electron chi connectivity index (χ1n) is 7.67. The average molecular weight is 324 g/mol. The Morgan fingerprint density at radius 1 is 1.18 bits per heavy atom. The van der Waals surface area contributed by atoms with Gasteiger partial charge in [0, 0.05) is 30.9 Å². The number of hydrogen-bond acceptors (Lipinski definition) is 3. The molecule has 6 heteroatoms. The average Bonchev–Trinajstić information content (AvgIpc) is 3.00. The number of nitrogens with one attached hydrogen (secondary N) is 2. The molecule has 0 unspecified atom stereocenters. The Labute approximate surface area is 136 Å². The molecule has 0 atom stereocenters. The van der Waals surface area contributed by atoms with Crippen molar-refractivity contribution in [3.8, 4) is 0 Å².